The fraction of sp³-hybridized carbons (Fsp3) is 0.583. The molecule has 0 radical (unpaired) electrons. The number of halogens is 1. The van der Waals surface area contributed by atoms with Crippen LogP contribution in [0.15, 0.2) is 6.20 Å². The highest BCUT2D eigenvalue weighted by Gasteiger charge is 2.19. The van der Waals surface area contributed by atoms with Crippen molar-refractivity contribution in [3.63, 3.8) is 0 Å². The molecule has 0 saturated carbocycles. The van der Waals surface area contributed by atoms with Crippen molar-refractivity contribution in [2.75, 3.05) is 32.5 Å². The van der Waals surface area contributed by atoms with Gasteiger partial charge in [0.1, 0.15) is 5.82 Å². The highest BCUT2D eigenvalue weighted by molar-refractivity contribution is 6.28. The molecule has 0 atom stereocenters. The van der Waals surface area contributed by atoms with Crippen molar-refractivity contribution in [1.82, 2.24) is 25.1 Å². The Morgan fingerprint density at radius 3 is 2.79 bits per heavy atom. The standard InChI is InChI=1S/C12H19ClN6/c1-12(2,7-19(3)4)6-14-9-8-5-15-18-10(8)17-11(13)16-9/h5H,6-7H2,1-4H3,(H2,14,15,16,17,18). The van der Waals surface area contributed by atoms with Gasteiger partial charge in [0.05, 0.1) is 11.6 Å². The third-order valence-corrected chi connectivity index (χ3v) is 2.93. The minimum atomic E-state index is 0.122. The minimum Gasteiger partial charge on any atom is -0.369 e. The molecule has 0 aliphatic carbocycles. The molecule has 0 aromatic carbocycles. The van der Waals surface area contributed by atoms with E-state index in [2.05, 4.69) is 58.3 Å². The molecule has 2 N–H and O–H groups in total. The summed E-state index contributed by atoms with van der Waals surface area (Å²) in [4.78, 5) is 10.5. The summed E-state index contributed by atoms with van der Waals surface area (Å²) in [5.41, 5.74) is 0.768. The number of anilines is 1. The molecule has 0 aliphatic rings. The Balaban J connectivity index is 2.15. The van der Waals surface area contributed by atoms with Crippen molar-refractivity contribution in [3.8, 4) is 0 Å². The summed E-state index contributed by atoms with van der Waals surface area (Å²) in [6, 6.07) is 0. The fourth-order valence-corrected chi connectivity index (χ4v) is 2.35. The monoisotopic (exact) mass is 282 g/mol. The number of rotatable bonds is 5. The maximum Gasteiger partial charge on any atom is 0.226 e. The van der Waals surface area contributed by atoms with Crippen LogP contribution in [0.25, 0.3) is 11.0 Å². The van der Waals surface area contributed by atoms with Gasteiger partial charge in [-0.25, -0.2) is 0 Å². The normalized spacial score (nSPS) is 12.3. The lowest BCUT2D eigenvalue weighted by Crippen LogP contribution is -2.34. The maximum absolute atomic E-state index is 5.90. The fourth-order valence-electron chi connectivity index (χ4n) is 2.18. The summed E-state index contributed by atoms with van der Waals surface area (Å²) in [7, 11) is 4.13. The molecule has 0 saturated heterocycles. The van der Waals surface area contributed by atoms with E-state index in [9.17, 15) is 0 Å². The molecule has 19 heavy (non-hydrogen) atoms. The molecular weight excluding hydrogens is 264 g/mol. The van der Waals surface area contributed by atoms with Crippen molar-refractivity contribution in [2.24, 2.45) is 5.41 Å². The van der Waals surface area contributed by atoms with E-state index in [1.807, 2.05) is 0 Å². The summed E-state index contributed by atoms with van der Waals surface area (Å²) in [5, 5.41) is 11.2. The van der Waals surface area contributed by atoms with E-state index in [-0.39, 0.29) is 10.7 Å². The molecule has 2 aromatic heterocycles. The zero-order valence-electron chi connectivity index (χ0n) is 11.7. The van der Waals surface area contributed by atoms with Gasteiger partial charge in [-0.1, -0.05) is 13.8 Å². The lowest BCUT2D eigenvalue weighted by Gasteiger charge is -2.28. The molecule has 2 heterocycles. The summed E-state index contributed by atoms with van der Waals surface area (Å²) < 4.78 is 0. The Hall–Kier alpha value is -1.40. The van der Waals surface area contributed by atoms with E-state index in [1.165, 1.54) is 0 Å². The predicted molar refractivity (Wildman–Crippen MR) is 77.5 cm³/mol. The van der Waals surface area contributed by atoms with Gasteiger partial charge in [-0.3, -0.25) is 5.10 Å². The largest absolute Gasteiger partial charge is 0.369 e. The van der Waals surface area contributed by atoms with Crippen LogP contribution in [0.3, 0.4) is 0 Å². The van der Waals surface area contributed by atoms with Crippen molar-refractivity contribution in [2.45, 2.75) is 13.8 Å². The predicted octanol–water partition coefficient (Wildman–Crippen LogP) is 2.01. The van der Waals surface area contributed by atoms with E-state index in [1.54, 1.807) is 6.20 Å². The van der Waals surface area contributed by atoms with Gasteiger partial charge in [0, 0.05) is 13.1 Å². The van der Waals surface area contributed by atoms with Crippen LogP contribution in [-0.4, -0.2) is 52.3 Å². The maximum atomic E-state index is 5.90. The Morgan fingerprint density at radius 2 is 2.11 bits per heavy atom. The zero-order chi connectivity index (χ0) is 14.0. The molecule has 0 bridgehead atoms. The van der Waals surface area contributed by atoms with Crippen LogP contribution < -0.4 is 5.32 Å². The van der Waals surface area contributed by atoms with Gasteiger partial charge in [0.25, 0.3) is 0 Å². The van der Waals surface area contributed by atoms with Gasteiger partial charge in [0.15, 0.2) is 5.65 Å². The van der Waals surface area contributed by atoms with Crippen molar-refractivity contribution < 1.29 is 0 Å². The number of hydrogen-bond donors (Lipinski definition) is 2. The number of aromatic nitrogens is 4. The van der Waals surface area contributed by atoms with E-state index < -0.39 is 0 Å². The molecule has 0 fully saturated rings. The van der Waals surface area contributed by atoms with E-state index in [0.29, 0.717) is 5.65 Å². The average molecular weight is 283 g/mol. The Labute approximate surface area is 117 Å². The molecule has 2 rings (SSSR count). The third-order valence-electron chi connectivity index (χ3n) is 2.76. The Bertz CT molecular complexity index is 562. The van der Waals surface area contributed by atoms with Gasteiger partial charge in [-0.05, 0) is 31.1 Å². The van der Waals surface area contributed by atoms with Crippen molar-refractivity contribution >= 4 is 28.5 Å². The first-order chi connectivity index (χ1) is 8.87. The second-order valence-electron chi connectivity index (χ2n) is 5.73. The minimum absolute atomic E-state index is 0.122. The first-order valence-electron chi connectivity index (χ1n) is 6.13. The average Bonchev–Trinajstić information content (AvgIpc) is 2.71. The van der Waals surface area contributed by atoms with Gasteiger partial charge in [-0.15, -0.1) is 0 Å². The van der Waals surface area contributed by atoms with E-state index >= 15 is 0 Å². The number of nitrogens with one attached hydrogen (secondary N) is 2. The van der Waals surface area contributed by atoms with Crippen LogP contribution >= 0.6 is 11.6 Å². The zero-order valence-corrected chi connectivity index (χ0v) is 12.4. The molecule has 0 aliphatic heterocycles. The van der Waals surface area contributed by atoms with Crippen LogP contribution in [0, 0.1) is 5.41 Å². The van der Waals surface area contributed by atoms with Crippen molar-refractivity contribution in [1.29, 1.82) is 0 Å². The van der Waals surface area contributed by atoms with Gasteiger partial charge < -0.3 is 10.2 Å². The number of nitrogens with zero attached hydrogens (tertiary/aromatic N) is 4. The summed E-state index contributed by atoms with van der Waals surface area (Å²) in [6.07, 6.45) is 1.70. The Kier molecular flexibility index (Phi) is 3.91. The van der Waals surface area contributed by atoms with Crippen LogP contribution in [0.5, 0.6) is 0 Å². The quantitative estimate of drug-likeness (QED) is 0.821. The number of fused-ring (bicyclic) bond motifs is 1. The summed E-state index contributed by atoms with van der Waals surface area (Å²) in [6.45, 7) is 6.18. The number of H-pyrrole nitrogens is 1. The highest BCUT2D eigenvalue weighted by atomic mass is 35.5. The van der Waals surface area contributed by atoms with Gasteiger partial charge >= 0.3 is 0 Å². The molecule has 2 aromatic rings. The van der Waals surface area contributed by atoms with E-state index in [4.69, 9.17) is 11.6 Å². The van der Waals surface area contributed by atoms with Crippen LogP contribution in [-0.2, 0) is 0 Å². The topological polar surface area (TPSA) is 69.7 Å². The lowest BCUT2D eigenvalue weighted by molar-refractivity contribution is 0.254. The van der Waals surface area contributed by atoms with Crippen molar-refractivity contribution in [3.05, 3.63) is 11.5 Å². The summed E-state index contributed by atoms with van der Waals surface area (Å²) in [5.74, 6) is 0.718. The second-order valence-corrected chi connectivity index (χ2v) is 6.07. The van der Waals surface area contributed by atoms with Crippen LogP contribution in [0.4, 0.5) is 5.82 Å². The molecule has 104 valence electrons. The highest BCUT2D eigenvalue weighted by Crippen LogP contribution is 2.22. The SMILES string of the molecule is CN(C)CC(C)(C)CNc1nc(Cl)nc2[nH]ncc12. The van der Waals surface area contributed by atoms with Crippen LogP contribution in [0.2, 0.25) is 5.28 Å². The van der Waals surface area contributed by atoms with Crippen LogP contribution in [0.1, 0.15) is 13.8 Å². The molecule has 0 unspecified atom stereocenters. The van der Waals surface area contributed by atoms with Gasteiger partial charge in [-0.2, -0.15) is 15.1 Å². The molecule has 0 amide bonds. The molecular formula is C12H19ClN6. The molecule has 6 nitrogen and oxygen atoms in total. The first kappa shape index (κ1) is 14.0. The summed E-state index contributed by atoms with van der Waals surface area (Å²) >= 11 is 5.90. The number of aromatic amines is 1. The molecule has 7 heteroatoms. The second kappa shape index (κ2) is 5.30. The lowest BCUT2D eigenvalue weighted by atomic mass is 9.93. The smallest absolute Gasteiger partial charge is 0.226 e. The number of hydrogen-bond acceptors (Lipinski definition) is 5. The third kappa shape index (κ3) is 3.54. The van der Waals surface area contributed by atoms with E-state index in [0.717, 1.165) is 24.3 Å². The first-order valence-corrected chi connectivity index (χ1v) is 6.50. The Morgan fingerprint density at radius 1 is 1.37 bits per heavy atom. The molecule has 0 spiro atoms. The van der Waals surface area contributed by atoms with Gasteiger partial charge in [0.2, 0.25) is 5.28 Å².